The fourth-order valence-electron chi connectivity index (χ4n) is 3.49. The lowest BCUT2D eigenvalue weighted by atomic mass is 9.70. The molecule has 0 amide bonds. The van der Waals surface area contributed by atoms with Crippen LogP contribution in [-0.2, 0) is 5.41 Å². The molecule has 2 aliphatic carbocycles. The summed E-state index contributed by atoms with van der Waals surface area (Å²) in [6.45, 7) is 7.19. The van der Waals surface area contributed by atoms with Crippen LogP contribution in [0.25, 0.3) is 0 Å². The zero-order valence-electron chi connectivity index (χ0n) is 8.52. The zero-order chi connectivity index (χ0) is 9.27. The Hall–Kier alpha value is -0.790. The highest BCUT2D eigenvalue weighted by molar-refractivity contribution is 5.43. The van der Waals surface area contributed by atoms with Gasteiger partial charge in [0.2, 0.25) is 0 Å². The van der Waals surface area contributed by atoms with Gasteiger partial charge in [0, 0.05) is 11.1 Å². The van der Waals surface area contributed by atoms with Crippen LogP contribution in [0.15, 0.2) is 6.20 Å². The highest BCUT2D eigenvalue weighted by Crippen LogP contribution is 2.66. The number of H-pyrrole nitrogens is 1. The predicted octanol–water partition coefficient (Wildman–Crippen LogP) is 2.58. The number of hydrogen-bond acceptors (Lipinski definition) is 1. The Kier molecular flexibility index (Phi) is 1.07. The monoisotopic (exact) mass is 176 g/mol. The summed E-state index contributed by atoms with van der Waals surface area (Å²) in [4.78, 5) is 0. The Morgan fingerprint density at radius 3 is 2.92 bits per heavy atom. The molecule has 70 valence electrons. The van der Waals surface area contributed by atoms with Gasteiger partial charge in [-0.3, -0.25) is 5.10 Å². The molecule has 1 saturated carbocycles. The predicted molar refractivity (Wildman–Crippen MR) is 51.7 cm³/mol. The molecule has 2 heteroatoms. The molecule has 0 aromatic carbocycles. The van der Waals surface area contributed by atoms with E-state index in [2.05, 4.69) is 31.0 Å². The van der Waals surface area contributed by atoms with Gasteiger partial charge >= 0.3 is 0 Å². The minimum Gasteiger partial charge on any atom is -0.282 e. The fraction of sp³-hybridized carbons (Fsp3) is 0.727. The molecule has 0 aliphatic heterocycles. The van der Waals surface area contributed by atoms with Crippen LogP contribution >= 0.6 is 0 Å². The van der Waals surface area contributed by atoms with Crippen molar-refractivity contribution in [1.29, 1.82) is 0 Å². The zero-order valence-corrected chi connectivity index (χ0v) is 8.52. The van der Waals surface area contributed by atoms with E-state index >= 15 is 0 Å². The first-order valence-corrected chi connectivity index (χ1v) is 5.11. The van der Waals surface area contributed by atoms with Crippen molar-refractivity contribution in [2.45, 2.75) is 44.9 Å². The maximum atomic E-state index is 4.17. The topological polar surface area (TPSA) is 28.7 Å². The van der Waals surface area contributed by atoms with Crippen molar-refractivity contribution >= 4 is 0 Å². The summed E-state index contributed by atoms with van der Waals surface area (Å²) in [6.07, 6.45) is 4.70. The quantitative estimate of drug-likeness (QED) is 0.646. The van der Waals surface area contributed by atoms with Gasteiger partial charge in [-0.25, -0.2) is 0 Å². The van der Waals surface area contributed by atoms with Gasteiger partial charge in [0.05, 0.1) is 6.20 Å². The molecule has 1 heterocycles. The van der Waals surface area contributed by atoms with Crippen LogP contribution < -0.4 is 0 Å². The maximum Gasteiger partial charge on any atom is 0.0525 e. The lowest BCUT2D eigenvalue weighted by Gasteiger charge is -2.34. The molecule has 1 N–H and O–H groups in total. The number of aromatic nitrogens is 2. The van der Waals surface area contributed by atoms with E-state index in [0.29, 0.717) is 10.8 Å². The van der Waals surface area contributed by atoms with Crippen LogP contribution in [0.4, 0.5) is 0 Å². The summed E-state index contributed by atoms with van der Waals surface area (Å²) >= 11 is 0. The van der Waals surface area contributed by atoms with Crippen LogP contribution in [0.5, 0.6) is 0 Å². The molecule has 1 aromatic heterocycles. The van der Waals surface area contributed by atoms with Crippen LogP contribution in [0, 0.1) is 5.41 Å². The summed E-state index contributed by atoms with van der Waals surface area (Å²) in [5, 5.41) is 7.37. The average molecular weight is 176 g/mol. The van der Waals surface area contributed by atoms with E-state index < -0.39 is 0 Å². The molecule has 13 heavy (non-hydrogen) atoms. The van der Waals surface area contributed by atoms with Crippen molar-refractivity contribution < 1.29 is 0 Å². The van der Waals surface area contributed by atoms with E-state index in [4.69, 9.17) is 0 Å². The normalized spacial score (nSPS) is 39.5. The Bertz CT molecular complexity index is 364. The molecule has 3 rings (SSSR count). The largest absolute Gasteiger partial charge is 0.282 e. The van der Waals surface area contributed by atoms with Gasteiger partial charge in [0.25, 0.3) is 0 Å². The highest BCUT2D eigenvalue weighted by atomic mass is 15.1. The highest BCUT2D eigenvalue weighted by Gasteiger charge is 2.60. The van der Waals surface area contributed by atoms with Crippen LogP contribution in [0.1, 0.15) is 50.8 Å². The molecular formula is C11H16N2. The van der Waals surface area contributed by atoms with Gasteiger partial charge in [-0.05, 0) is 29.7 Å². The summed E-state index contributed by atoms with van der Waals surface area (Å²) in [5.74, 6) is 0.742. The van der Waals surface area contributed by atoms with E-state index in [1.165, 1.54) is 24.1 Å². The number of nitrogens with one attached hydrogen (secondary N) is 1. The van der Waals surface area contributed by atoms with Crippen molar-refractivity contribution in [2.24, 2.45) is 5.41 Å². The SMILES string of the molecule is CC1(C)C2CC[C@@]1(C)c1[nH]ncc12. The minimum atomic E-state index is 0.351. The summed E-state index contributed by atoms with van der Waals surface area (Å²) in [7, 11) is 0. The molecule has 1 fully saturated rings. The molecule has 2 atom stereocenters. The first-order chi connectivity index (χ1) is 6.07. The van der Waals surface area contributed by atoms with Crippen LogP contribution in [-0.4, -0.2) is 10.2 Å². The van der Waals surface area contributed by atoms with Gasteiger partial charge in [-0.1, -0.05) is 20.8 Å². The number of nitrogens with zero attached hydrogens (tertiary/aromatic N) is 1. The Labute approximate surface area is 78.7 Å². The molecule has 2 bridgehead atoms. The molecule has 1 unspecified atom stereocenters. The van der Waals surface area contributed by atoms with Gasteiger partial charge in [-0.15, -0.1) is 0 Å². The third-order valence-corrected chi connectivity index (χ3v) is 4.82. The standard InChI is InChI=1S/C11H16N2/c1-10(2)8-4-5-11(10,3)9-7(8)6-12-13-9/h6,8H,4-5H2,1-3H3,(H,12,13)/t8?,11-/m0/s1. The number of aromatic amines is 1. The summed E-state index contributed by atoms with van der Waals surface area (Å²) < 4.78 is 0. The third-order valence-electron chi connectivity index (χ3n) is 4.82. The van der Waals surface area contributed by atoms with Crippen molar-refractivity contribution in [3.8, 4) is 0 Å². The lowest BCUT2D eigenvalue weighted by Crippen LogP contribution is -2.31. The average Bonchev–Trinajstić information content (AvgIpc) is 2.63. The van der Waals surface area contributed by atoms with Crippen molar-refractivity contribution in [3.05, 3.63) is 17.5 Å². The summed E-state index contributed by atoms with van der Waals surface area (Å²) in [6, 6.07) is 0. The van der Waals surface area contributed by atoms with Gasteiger partial charge in [0.15, 0.2) is 0 Å². The third kappa shape index (κ3) is 0.588. The van der Waals surface area contributed by atoms with E-state index in [0.717, 1.165) is 5.92 Å². The van der Waals surface area contributed by atoms with E-state index in [1.807, 2.05) is 6.20 Å². The van der Waals surface area contributed by atoms with Crippen molar-refractivity contribution in [2.75, 3.05) is 0 Å². The van der Waals surface area contributed by atoms with Crippen molar-refractivity contribution in [1.82, 2.24) is 10.2 Å². The van der Waals surface area contributed by atoms with Gasteiger partial charge in [0.1, 0.15) is 0 Å². The maximum absolute atomic E-state index is 4.17. The molecular weight excluding hydrogens is 160 g/mol. The molecule has 0 spiro atoms. The first kappa shape index (κ1) is 7.60. The van der Waals surface area contributed by atoms with Gasteiger partial charge < -0.3 is 0 Å². The minimum absolute atomic E-state index is 0.351. The second kappa shape index (κ2) is 1.84. The Morgan fingerprint density at radius 1 is 1.46 bits per heavy atom. The molecule has 2 nitrogen and oxygen atoms in total. The lowest BCUT2D eigenvalue weighted by molar-refractivity contribution is 0.225. The second-order valence-corrected chi connectivity index (χ2v) is 5.35. The molecule has 0 saturated heterocycles. The Morgan fingerprint density at radius 2 is 2.23 bits per heavy atom. The van der Waals surface area contributed by atoms with Crippen LogP contribution in [0.2, 0.25) is 0 Å². The van der Waals surface area contributed by atoms with E-state index in [9.17, 15) is 0 Å². The fourth-order valence-corrected chi connectivity index (χ4v) is 3.49. The van der Waals surface area contributed by atoms with Crippen molar-refractivity contribution in [3.63, 3.8) is 0 Å². The summed E-state index contributed by atoms with van der Waals surface area (Å²) in [5.41, 5.74) is 3.67. The smallest absolute Gasteiger partial charge is 0.0525 e. The van der Waals surface area contributed by atoms with E-state index in [1.54, 1.807) is 0 Å². The van der Waals surface area contributed by atoms with E-state index in [-0.39, 0.29) is 0 Å². The van der Waals surface area contributed by atoms with Crippen LogP contribution in [0.3, 0.4) is 0 Å². The van der Waals surface area contributed by atoms with Gasteiger partial charge in [-0.2, -0.15) is 5.10 Å². The molecule has 1 aromatic rings. The molecule has 0 radical (unpaired) electrons. The number of fused-ring (bicyclic) bond motifs is 5. The number of hydrogen-bond donors (Lipinski definition) is 1. The first-order valence-electron chi connectivity index (χ1n) is 5.11. The molecule has 2 aliphatic rings. The number of rotatable bonds is 0. The second-order valence-electron chi connectivity index (χ2n) is 5.35. The Balaban J connectivity index is 2.30.